The van der Waals surface area contributed by atoms with Gasteiger partial charge in [0, 0.05) is 39.4 Å². The molecule has 1 aromatic carbocycles. The fraction of sp³-hybridized carbons (Fsp3) is 0.562. The molecule has 0 aromatic heterocycles. The van der Waals surface area contributed by atoms with Gasteiger partial charge in [0.05, 0.1) is 0 Å². The zero-order valence-electron chi connectivity index (χ0n) is 13.6. The Hall–Kier alpha value is -1.89. The average Bonchev–Trinajstić information content (AvgIpc) is 2.54. The summed E-state index contributed by atoms with van der Waals surface area (Å²) in [4.78, 5) is 4.11. The van der Waals surface area contributed by atoms with Crippen molar-refractivity contribution in [3.63, 3.8) is 0 Å². The van der Waals surface area contributed by atoms with Gasteiger partial charge in [-0.05, 0) is 25.3 Å². The van der Waals surface area contributed by atoms with Gasteiger partial charge in [0.2, 0.25) is 0 Å². The van der Waals surface area contributed by atoms with Crippen molar-refractivity contribution in [3.8, 4) is 5.75 Å². The minimum Gasteiger partial charge on any atom is -0.434 e. The summed E-state index contributed by atoms with van der Waals surface area (Å²) in [6.07, 6.45) is 3.11. The van der Waals surface area contributed by atoms with E-state index < -0.39 is 6.61 Å². The molecule has 0 atom stereocenters. The maximum atomic E-state index is 12.4. The molecule has 0 radical (unpaired) electrons. The Morgan fingerprint density at radius 2 is 1.96 bits per heavy atom. The second-order valence-corrected chi connectivity index (χ2v) is 4.89. The first kappa shape index (κ1) is 19.2. The number of nitrogens with one attached hydrogen (secondary N) is 2. The topological polar surface area (TPSA) is 54.9 Å². The SMILES string of the molecule is CN=C(NCCCCCOC)NCc1ccccc1OC(F)F. The number of ether oxygens (including phenoxy) is 2. The molecule has 0 bridgehead atoms. The molecule has 0 unspecified atom stereocenters. The van der Waals surface area contributed by atoms with Crippen LogP contribution in [0.2, 0.25) is 0 Å². The van der Waals surface area contributed by atoms with Gasteiger partial charge in [0.1, 0.15) is 5.75 Å². The number of unbranched alkanes of at least 4 members (excludes halogenated alkanes) is 2. The Bertz CT molecular complexity index is 470. The van der Waals surface area contributed by atoms with Gasteiger partial charge in [-0.15, -0.1) is 0 Å². The monoisotopic (exact) mass is 329 g/mol. The molecule has 0 aliphatic carbocycles. The molecule has 7 heteroatoms. The third-order valence-corrected chi connectivity index (χ3v) is 3.18. The van der Waals surface area contributed by atoms with Crippen LogP contribution >= 0.6 is 0 Å². The molecule has 0 amide bonds. The summed E-state index contributed by atoms with van der Waals surface area (Å²) in [6.45, 7) is -0.917. The molecule has 0 heterocycles. The molecule has 0 spiro atoms. The molecule has 1 rings (SSSR count). The molecular weight excluding hydrogens is 304 g/mol. The quantitative estimate of drug-likeness (QED) is 0.394. The van der Waals surface area contributed by atoms with Gasteiger partial charge in [0.15, 0.2) is 5.96 Å². The van der Waals surface area contributed by atoms with E-state index in [4.69, 9.17) is 4.74 Å². The van der Waals surface area contributed by atoms with Crippen molar-refractivity contribution < 1.29 is 18.3 Å². The Kier molecular flexibility index (Phi) is 9.70. The highest BCUT2D eigenvalue weighted by atomic mass is 19.3. The minimum atomic E-state index is -2.83. The van der Waals surface area contributed by atoms with E-state index in [-0.39, 0.29) is 5.75 Å². The summed E-state index contributed by atoms with van der Waals surface area (Å²) in [5.41, 5.74) is 0.649. The number of para-hydroxylation sites is 1. The van der Waals surface area contributed by atoms with Crippen molar-refractivity contribution in [2.45, 2.75) is 32.4 Å². The molecule has 0 fully saturated rings. The molecule has 5 nitrogen and oxygen atoms in total. The van der Waals surface area contributed by atoms with Gasteiger partial charge < -0.3 is 20.1 Å². The number of nitrogens with zero attached hydrogens (tertiary/aromatic N) is 1. The highest BCUT2D eigenvalue weighted by Gasteiger charge is 2.09. The van der Waals surface area contributed by atoms with Crippen molar-refractivity contribution in [1.29, 1.82) is 0 Å². The van der Waals surface area contributed by atoms with E-state index in [9.17, 15) is 8.78 Å². The van der Waals surface area contributed by atoms with Crippen LogP contribution in [-0.2, 0) is 11.3 Å². The van der Waals surface area contributed by atoms with Crippen LogP contribution in [0.25, 0.3) is 0 Å². The first-order chi connectivity index (χ1) is 11.2. The molecule has 130 valence electrons. The molecule has 1 aromatic rings. The van der Waals surface area contributed by atoms with E-state index in [1.807, 2.05) is 0 Å². The number of benzene rings is 1. The van der Waals surface area contributed by atoms with Crippen molar-refractivity contribution in [2.24, 2.45) is 4.99 Å². The highest BCUT2D eigenvalue weighted by molar-refractivity contribution is 5.79. The van der Waals surface area contributed by atoms with Crippen LogP contribution in [0, 0.1) is 0 Å². The summed E-state index contributed by atoms with van der Waals surface area (Å²) in [7, 11) is 3.36. The number of methoxy groups -OCH3 is 1. The molecule has 0 saturated heterocycles. The fourth-order valence-electron chi connectivity index (χ4n) is 2.02. The largest absolute Gasteiger partial charge is 0.434 e. The number of halogens is 2. The van der Waals surface area contributed by atoms with Gasteiger partial charge in [-0.2, -0.15) is 8.78 Å². The predicted molar refractivity (Wildman–Crippen MR) is 87.0 cm³/mol. The maximum Gasteiger partial charge on any atom is 0.387 e. The molecule has 23 heavy (non-hydrogen) atoms. The Labute approximate surface area is 136 Å². The van der Waals surface area contributed by atoms with E-state index >= 15 is 0 Å². The third-order valence-electron chi connectivity index (χ3n) is 3.18. The van der Waals surface area contributed by atoms with Gasteiger partial charge in [-0.3, -0.25) is 4.99 Å². The van der Waals surface area contributed by atoms with Crippen LogP contribution in [-0.4, -0.2) is 39.9 Å². The van der Waals surface area contributed by atoms with Gasteiger partial charge in [0.25, 0.3) is 0 Å². The summed E-state index contributed by atoms with van der Waals surface area (Å²) in [5, 5.41) is 6.28. The zero-order chi connectivity index (χ0) is 16.9. The first-order valence-corrected chi connectivity index (χ1v) is 7.63. The number of guanidine groups is 1. The Morgan fingerprint density at radius 3 is 2.65 bits per heavy atom. The lowest BCUT2D eigenvalue weighted by Crippen LogP contribution is -2.37. The van der Waals surface area contributed by atoms with E-state index in [1.54, 1.807) is 32.4 Å². The lowest BCUT2D eigenvalue weighted by atomic mass is 10.2. The lowest BCUT2D eigenvalue weighted by Gasteiger charge is -2.14. The zero-order valence-corrected chi connectivity index (χ0v) is 13.6. The third kappa shape index (κ3) is 8.35. The van der Waals surface area contributed by atoms with E-state index in [2.05, 4.69) is 20.4 Å². The smallest absolute Gasteiger partial charge is 0.387 e. The van der Waals surface area contributed by atoms with Crippen LogP contribution in [0.1, 0.15) is 24.8 Å². The van der Waals surface area contributed by atoms with Gasteiger partial charge in [-0.1, -0.05) is 18.2 Å². The van der Waals surface area contributed by atoms with Crippen LogP contribution in [0.5, 0.6) is 5.75 Å². The Balaban J connectivity index is 2.37. The molecule has 2 N–H and O–H groups in total. The summed E-state index contributed by atoms with van der Waals surface area (Å²) in [5.74, 6) is 0.800. The summed E-state index contributed by atoms with van der Waals surface area (Å²) >= 11 is 0. The van der Waals surface area contributed by atoms with Crippen LogP contribution in [0.4, 0.5) is 8.78 Å². The standard InChI is InChI=1S/C16H25F2N3O2/c1-19-16(20-10-6-3-7-11-22-2)21-12-13-8-4-5-9-14(13)23-15(17)18/h4-5,8-9,15H,3,6-7,10-12H2,1-2H3,(H2,19,20,21). The molecule has 0 aliphatic rings. The van der Waals surface area contributed by atoms with E-state index in [0.717, 1.165) is 32.4 Å². The normalized spacial score (nSPS) is 11.6. The number of hydrogen-bond donors (Lipinski definition) is 2. The Morgan fingerprint density at radius 1 is 1.17 bits per heavy atom. The number of alkyl halides is 2. The van der Waals surface area contributed by atoms with E-state index in [0.29, 0.717) is 18.1 Å². The average molecular weight is 329 g/mol. The van der Waals surface area contributed by atoms with Gasteiger partial charge in [-0.25, -0.2) is 0 Å². The van der Waals surface area contributed by atoms with Crippen molar-refractivity contribution in [1.82, 2.24) is 10.6 Å². The second kappa shape index (κ2) is 11.6. The first-order valence-electron chi connectivity index (χ1n) is 7.63. The van der Waals surface area contributed by atoms with Gasteiger partial charge >= 0.3 is 6.61 Å². The molecule has 0 aliphatic heterocycles. The van der Waals surface area contributed by atoms with Crippen LogP contribution < -0.4 is 15.4 Å². The van der Waals surface area contributed by atoms with Crippen molar-refractivity contribution in [3.05, 3.63) is 29.8 Å². The van der Waals surface area contributed by atoms with Crippen molar-refractivity contribution >= 4 is 5.96 Å². The van der Waals surface area contributed by atoms with Crippen molar-refractivity contribution in [2.75, 3.05) is 27.3 Å². The van der Waals surface area contributed by atoms with E-state index in [1.165, 1.54) is 6.07 Å². The maximum absolute atomic E-state index is 12.4. The number of aliphatic imine (C=N–C) groups is 1. The molecular formula is C16H25F2N3O2. The number of hydrogen-bond acceptors (Lipinski definition) is 3. The minimum absolute atomic E-state index is 0.171. The molecule has 0 saturated carbocycles. The highest BCUT2D eigenvalue weighted by Crippen LogP contribution is 2.19. The number of rotatable bonds is 10. The van der Waals surface area contributed by atoms with Crippen LogP contribution in [0.3, 0.4) is 0 Å². The fourth-order valence-corrected chi connectivity index (χ4v) is 2.02. The summed E-state index contributed by atoms with van der Waals surface area (Å²) < 4.78 is 34.2. The summed E-state index contributed by atoms with van der Waals surface area (Å²) in [6, 6.07) is 6.70. The predicted octanol–water partition coefficient (Wildman–Crippen LogP) is 2.77. The lowest BCUT2D eigenvalue weighted by molar-refractivity contribution is -0.0504. The second-order valence-electron chi connectivity index (χ2n) is 4.89. The van der Waals surface area contributed by atoms with Crippen LogP contribution in [0.15, 0.2) is 29.3 Å².